The Balaban J connectivity index is 1.91. The second-order valence-corrected chi connectivity index (χ2v) is 5.79. The molecule has 2 rings (SSSR count). The molecule has 0 aliphatic carbocycles. The number of anilines is 2. The van der Waals surface area contributed by atoms with E-state index in [1.807, 2.05) is 12.1 Å². The molecule has 0 unspecified atom stereocenters. The van der Waals surface area contributed by atoms with E-state index < -0.39 is 0 Å². The van der Waals surface area contributed by atoms with Crippen molar-refractivity contribution in [3.63, 3.8) is 0 Å². The highest BCUT2D eigenvalue weighted by atomic mass is 35.5. The van der Waals surface area contributed by atoms with E-state index in [0.29, 0.717) is 28.7 Å². The number of carbonyl (C=O) groups excluding carboxylic acids is 2. The third kappa shape index (κ3) is 6.00. The third-order valence-electron chi connectivity index (χ3n) is 3.36. The van der Waals surface area contributed by atoms with Crippen LogP contribution in [0.4, 0.5) is 11.4 Å². The maximum Gasteiger partial charge on any atom is 0.239 e. The molecule has 6 nitrogen and oxygen atoms in total. The molecule has 0 atom stereocenters. The minimum absolute atomic E-state index is 0.0769. The summed E-state index contributed by atoms with van der Waals surface area (Å²) < 4.78 is 5.26. The van der Waals surface area contributed by atoms with Gasteiger partial charge in [-0.3, -0.25) is 9.59 Å². The molecule has 2 aromatic carbocycles. The lowest BCUT2D eigenvalue weighted by atomic mass is 10.2. The van der Waals surface area contributed by atoms with Crippen molar-refractivity contribution in [1.82, 2.24) is 5.32 Å². The van der Waals surface area contributed by atoms with Crippen molar-refractivity contribution >= 4 is 34.8 Å². The molecule has 132 valence electrons. The van der Waals surface area contributed by atoms with E-state index in [2.05, 4.69) is 16.0 Å². The van der Waals surface area contributed by atoms with Gasteiger partial charge in [0.15, 0.2) is 0 Å². The summed E-state index contributed by atoms with van der Waals surface area (Å²) in [6.07, 6.45) is 0. The standard InChI is InChI=1S/C18H20ClN3O3/c1-12(23)22-15-7-8-17(25-2)16(9-15)20-11-18(24)21-10-13-3-5-14(19)6-4-13/h3-9,20H,10-11H2,1-2H3,(H,21,24)(H,22,23). The fraction of sp³-hybridized carbons (Fsp3) is 0.222. The first-order valence-electron chi connectivity index (χ1n) is 7.68. The van der Waals surface area contributed by atoms with Crippen LogP contribution in [0.1, 0.15) is 12.5 Å². The molecular weight excluding hydrogens is 342 g/mol. The zero-order chi connectivity index (χ0) is 18.2. The van der Waals surface area contributed by atoms with Gasteiger partial charge in [-0.15, -0.1) is 0 Å². The highest BCUT2D eigenvalue weighted by molar-refractivity contribution is 6.30. The van der Waals surface area contributed by atoms with Crippen LogP contribution in [0.25, 0.3) is 0 Å². The lowest BCUT2D eigenvalue weighted by molar-refractivity contribution is -0.119. The minimum Gasteiger partial charge on any atom is -0.495 e. The molecule has 0 aliphatic heterocycles. The molecule has 0 aromatic heterocycles. The zero-order valence-electron chi connectivity index (χ0n) is 14.1. The summed E-state index contributed by atoms with van der Waals surface area (Å²) in [7, 11) is 1.54. The zero-order valence-corrected chi connectivity index (χ0v) is 14.8. The first-order valence-corrected chi connectivity index (χ1v) is 8.06. The first-order chi connectivity index (χ1) is 12.0. The van der Waals surface area contributed by atoms with Gasteiger partial charge in [0.2, 0.25) is 11.8 Å². The number of halogens is 1. The fourth-order valence-corrected chi connectivity index (χ4v) is 2.29. The fourth-order valence-electron chi connectivity index (χ4n) is 2.17. The predicted molar refractivity (Wildman–Crippen MR) is 99.1 cm³/mol. The predicted octanol–water partition coefficient (Wildman–Crippen LogP) is 3.04. The average Bonchev–Trinajstić information content (AvgIpc) is 2.59. The quantitative estimate of drug-likeness (QED) is 0.708. The molecule has 0 saturated carbocycles. The Hall–Kier alpha value is -2.73. The number of carbonyl (C=O) groups is 2. The summed E-state index contributed by atoms with van der Waals surface area (Å²) in [4.78, 5) is 23.2. The van der Waals surface area contributed by atoms with Crippen LogP contribution < -0.4 is 20.7 Å². The van der Waals surface area contributed by atoms with E-state index in [1.165, 1.54) is 6.92 Å². The van der Waals surface area contributed by atoms with E-state index >= 15 is 0 Å². The Morgan fingerprint density at radius 3 is 2.48 bits per heavy atom. The lowest BCUT2D eigenvalue weighted by Crippen LogP contribution is -2.29. The maximum absolute atomic E-state index is 12.0. The van der Waals surface area contributed by atoms with Gasteiger partial charge in [-0.2, -0.15) is 0 Å². The van der Waals surface area contributed by atoms with Crippen LogP contribution in [-0.4, -0.2) is 25.5 Å². The number of rotatable bonds is 7. The van der Waals surface area contributed by atoms with Gasteiger partial charge in [-0.25, -0.2) is 0 Å². The highest BCUT2D eigenvalue weighted by Crippen LogP contribution is 2.27. The van der Waals surface area contributed by atoms with Gasteiger partial charge in [0.05, 0.1) is 19.3 Å². The average molecular weight is 362 g/mol. The Bertz CT molecular complexity index is 748. The van der Waals surface area contributed by atoms with E-state index in [-0.39, 0.29) is 18.4 Å². The molecule has 0 spiro atoms. The van der Waals surface area contributed by atoms with E-state index in [0.717, 1.165) is 5.56 Å². The molecule has 0 heterocycles. The summed E-state index contributed by atoms with van der Waals surface area (Å²) >= 11 is 5.83. The summed E-state index contributed by atoms with van der Waals surface area (Å²) in [6, 6.07) is 12.4. The van der Waals surface area contributed by atoms with Crippen LogP contribution in [0.3, 0.4) is 0 Å². The number of methoxy groups -OCH3 is 1. The molecule has 0 bridgehead atoms. The molecular formula is C18H20ClN3O3. The minimum atomic E-state index is -0.170. The lowest BCUT2D eigenvalue weighted by Gasteiger charge is -2.13. The van der Waals surface area contributed by atoms with Crippen molar-refractivity contribution in [3.8, 4) is 5.75 Å². The Morgan fingerprint density at radius 2 is 1.84 bits per heavy atom. The largest absolute Gasteiger partial charge is 0.495 e. The van der Waals surface area contributed by atoms with Crippen LogP contribution in [0.2, 0.25) is 5.02 Å². The smallest absolute Gasteiger partial charge is 0.239 e. The number of hydrogen-bond acceptors (Lipinski definition) is 4. The van der Waals surface area contributed by atoms with Gasteiger partial charge < -0.3 is 20.7 Å². The number of nitrogens with one attached hydrogen (secondary N) is 3. The van der Waals surface area contributed by atoms with Gasteiger partial charge in [0.1, 0.15) is 5.75 Å². The second kappa shape index (κ2) is 8.94. The van der Waals surface area contributed by atoms with Gasteiger partial charge in [0, 0.05) is 24.2 Å². The Labute approximate surface area is 151 Å². The van der Waals surface area contributed by atoms with Gasteiger partial charge in [0.25, 0.3) is 0 Å². The number of benzene rings is 2. The number of hydrogen-bond donors (Lipinski definition) is 3. The van der Waals surface area contributed by atoms with E-state index in [4.69, 9.17) is 16.3 Å². The summed E-state index contributed by atoms with van der Waals surface area (Å²) in [5.74, 6) is 0.248. The number of amides is 2. The van der Waals surface area contributed by atoms with Crippen molar-refractivity contribution in [1.29, 1.82) is 0 Å². The summed E-state index contributed by atoms with van der Waals surface area (Å²) in [5.41, 5.74) is 2.20. The van der Waals surface area contributed by atoms with Crippen LogP contribution in [0.5, 0.6) is 5.75 Å². The van der Waals surface area contributed by atoms with E-state index in [9.17, 15) is 9.59 Å². The van der Waals surface area contributed by atoms with Crippen molar-refractivity contribution in [2.45, 2.75) is 13.5 Å². The number of ether oxygens (including phenoxy) is 1. The molecule has 7 heteroatoms. The monoisotopic (exact) mass is 361 g/mol. The van der Waals surface area contributed by atoms with Crippen LogP contribution in [0.15, 0.2) is 42.5 Å². The topological polar surface area (TPSA) is 79.5 Å². The van der Waals surface area contributed by atoms with Gasteiger partial charge >= 0.3 is 0 Å². The third-order valence-corrected chi connectivity index (χ3v) is 3.61. The molecule has 0 radical (unpaired) electrons. The van der Waals surface area contributed by atoms with Crippen molar-refractivity contribution < 1.29 is 14.3 Å². The van der Waals surface area contributed by atoms with Crippen molar-refractivity contribution in [2.75, 3.05) is 24.3 Å². The Kier molecular flexibility index (Phi) is 6.65. The normalized spacial score (nSPS) is 10.0. The highest BCUT2D eigenvalue weighted by Gasteiger charge is 2.08. The van der Waals surface area contributed by atoms with Crippen molar-refractivity contribution in [2.24, 2.45) is 0 Å². The van der Waals surface area contributed by atoms with Crippen LogP contribution in [0, 0.1) is 0 Å². The van der Waals surface area contributed by atoms with E-state index in [1.54, 1.807) is 37.4 Å². The molecule has 0 fully saturated rings. The SMILES string of the molecule is COc1ccc(NC(C)=O)cc1NCC(=O)NCc1ccc(Cl)cc1. The summed E-state index contributed by atoms with van der Waals surface area (Å²) in [5, 5.41) is 9.18. The molecule has 25 heavy (non-hydrogen) atoms. The summed E-state index contributed by atoms with van der Waals surface area (Å²) in [6.45, 7) is 1.93. The van der Waals surface area contributed by atoms with Crippen LogP contribution >= 0.6 is 11.6 Å². The molecule has 0 aliphatic rings. The molecule has 3 N–H and O–H groups in total. The molecule has 2 aromatic rings. The molecule has 2 amide bonds. The Morgan fingerprint density at radius 1 is 1.12 bits per heavy atom. The van der Waals surface area contributed by atoms with Gasteiger partial charge in [-0.1, -0.05) is 23.7 Å². The second-order valence-electron chi connectivity index (χ2n) is 5.35. The van der Waals surface area contributed by atoms with Crippen molar-refractivity contribution in [3.05, 3.63) is 53.1 Å². The maximum atomic E-state index is 12.0. The van der Waals surface area contributed by atoms with Gasteiger partial charge in [-0.05, 0) is 35.9 Å². The molecule has 0 saturated heterocycles. The van der Waals surface area contributed by atoms with Crippen LogP contribution in [-0.2, 0) is 16.1 Å². The first kappa shape index (κ1) is 18.6.